The van der Waals surface area contributed by atoms with E-state index in [1.165, 1.54) is 33.1 Å². The highest BCUT2D eigenvalue weighted by Crippen LogP contribution is 2.40. The standard InChI is InChI=1S/C39H28N2O/c1-24-10-2-3-11-27(20-24)40-35-16-8-6-13-29(35)32-21-25(18-19-37(32)40)26-22-33-28-12-4-5-15-31(28)39(42)41-36-17-9-7-14-30(36)34(23-26)38(33)41/h2-9,11-19,21-24H,10,20H2,1H3. The van der Waals surface area contributed by atoms with Crippen LogP contribution in [-0.2, 0) is 0 Å². The van der Waals surface area contributed by atoms with Gasteiger partial charge >= 0.3 is 0 Å². The van der Waals surface area contributed by atoms with E-state index in [1.807, 2.05) is 28.7 Å². The van der Waals surface area contributed by atoms with Gasteiger partial charge in [0.2, 0.25) is 0 Å². The van der Waals surface area contributed by atoms with Crippen LogP contribution < -0.4 is 5.56 Å². The van der Waals surface area contributed by atoms with Crippen LogP contribution in [-0.4, -0.2) is 8.97 Å². The van der Waals surface area contributed by atoms with E-state index >= 15 is 0 Å². The summed E-state index contributed by atoms with van der Waals surface area (Å²) >= 11 is 0. The highest BCUT2D eigenvalue weighted by Gasteiger charge is 2.20. The lowest BCUT2D eigenvalue weighted by atomic mass is 9.96. The van der Waals surface area contributed by atoms with Crippen LogP contribution >= 0.6 is 0 Å². The number of para-hydroxylation sites is 2. The molecule has 9 rings (SSSR count). The zero-order valence-electron chi connectivity index (χ0n) is 23.3. The van der Waals surface area contributed by atoms with Crippen molar-refractivity contribution in [3.05, 3.63) is 132 Å². The van der Waals surface area contributed by atoms with Crippen LogP contribution in [0, 0.1) is 5.92 Å². The zero-order valence-corrected chi connectivity index (χ0v) is 23.3. The third kappa shape index (κ3) is 3.19. The maximum Gasteiger partial charge on any atom is 0.263 e. The van der Waals surface area contributed by atoms with E-state index in [2.05, 4.69) is 109 Å². The van der Waals surface area contributed by atoms with Crippen molar-refractivity contribution in [2.24, 2.45) is 5.92 Å². The van der Waals surface area contributed by atoms with Crippen molar-refractivity contribution in [1.82, 2.24) is 8.97 Å². The molecular weight excluding hydrogens is 512 g/mol. The SMILES string of the molecule is CC1CC=CC=C(n2c3ccccc3c3cc(-c4cc5c6ccccc6c(=O)n6c7ccccc7c(c4)c56)ccc32)C1. The average molecular weight is 541 g/mol. The number of pyridine rings is 1. The minimum atomic E-state index is 0.0447. The largest absolute Gasteiger partial charge is 0.313 e. The normalized spacial score (nSPS) is 15.9. The fraction of sp³-hybridized carbons (Fsp3) is 0.103. The molecule has 3 nitrogen and oxygen atoms in total. The Morgan fingerprint density at radius 2 is 1.24 bits per heavy atom. The molecule has 0 amide bonds. The third-order valence-corrected chi connectivity index (χ3v) is 9.23. The first-order valence-corrected chi connectivity index (χ1v) is 14.8. The molecule has 3 heteroatoms. The fourth-order valence-corrected chi connectivity index (χ4v) is 7.33. The summed E-state index contributed by atoms with van der Waals surface area (Å²) in [6, 6.07) is 36.5. The van der Waals surface area contributed by atoms with Gasteiger partial charge in [-0.15, -0.1) is 0 Å². The van der Waals surface area contributed by atoms with Crippen LogP contribution in [0.25, 0.3) is 76.6 Å². The number of allylic oxidation sites excluding steroid dienone is 4. The molecule has 0 bridgehead atoms. The number of fused-ring (bicyclic) bond motifs is 8. The molecule has 1 aliphatic rings. The molecule has 42 heavy (non-hydrogen) atoms. The maximum absolute atomic E-state index is 13.7. The minimum Gasteiger partial charge on any atom is -0.313 e. The summed E-state index contributed by atoms with van der Waals surface area (Å²) in [6.07, 6.45) is 8.95. The molecule has 0 saturated carbocycles. The van der Waals surface area contributed by atoms with Crippen LogP contribution in [0.3, 0.4) is 0 Å². The van der Waals surface area contributed by atoms with Gasteiger partial charge in [0.25, 0.3) is 5.56 Å². The van der Waals surface area contributed by atoms with Crippen LogP contribution in [0.5, 0.6) is 0 Å². The Hall–Kier alpha value is -5.15. The van der Waals surface area contributed by atoms with E-state index in [-0.39, 0.29) is 5.56 Å². The van der Waals surface area contributed by atoms with Crippen molar-refractivity contribution in [2.75, 3.05) is 0 Å². The molecule has 0 fully saturated rings. The van der Waals surface area contributed by atoms with Gasteiger partial charge in [-0.05, 0) is 83.8 Å². The molecule has 0 N–H and O–H groups in total. The van der Waals surface area contributed by atoms with Gasteiger partial charge in [-0.25, -0.2) is 0 Å². The van der Waals surface area contributed by atoms with Gasteiger partial charge in [-0.1, -0.05) is 79.7 Å². The maximum atomic E-state index is 13.7. The lowest BCUT2D eigenvalue weighted by Crippen LogP contribution is -2.12. The first kappa shape index (κ1) is 23.5. The van der Waals surface area contributed by atoms with Crippen LogP contribution in [0.2, 0.25) is 0 Å². The van der Waals surface area contributed by atoms with Gasteiger partial charge in [-0.3, -0.25) is 9.20 Å². The summed E-state index contributed by atoms with van der Waals surface area (Å²) in [7, 11) is 0. The summed E-state index contributed by atoms with van der Waals surface area (Å²) < 4.78 is 4.38. The van der Waals surface area contributed by atoms with E-state index in [0.717, 1.165) is 56.4 Å². The lowest BCUT2D eigenvalue weighted by molar-refractivity contribution is 0.605. The van der Waals surface area contributed by atoms with Gasteiger partial charge in [-0.2, -0.15) is 0 Å². The van der Waals surface area contributed by atoms with Crippen molar-refractivity contribution in [1.29, 1.82) is 0 Å². The number of rotatable bonds is 2. The second-order valence-electron chi connectivity index (χ2n) is 11.8. The molecule has 3 heterocycles. The van der Waals surface area contributed by atoms with E-state index in [9.17, 15) is 4.79 Å². The zero-order chi connectivity index (χ0) is 27.9. The molecular formula is C39H28N2O. The second kappa shape index (κ2) is 8.67. The van der Waals surface area contributed by atoms with Crippen molar-refractivity contribution in [3.8, 4) is 11.1 Å². The quantitative estimate of drug-likeness (QED) is 0.200. The Morgan fingerprint density at radius 1 is 0.619 bits per heavy atom. The number of nitrogens with zero attached hydrogens (tertiary/aromatic N) is 2. The Labute approximate surface area is 242 Å². The summed E-state index contributed by atoms with van der Waals surface area (Å²) in [5.74, 6) is 0.603. The second-order valence-corrected chi connectivity index (χ2v) is 11.8. The molecule has 1 atom stereocenters. The van der Waals surface area contributed by atoms with Crippen molar-refractivity contribution in [3.63, 3.8) is 0 Å². The summed E-state index contributed by atoms with van der Waals surface area (Å²) in [6.45, 7) is 2.33. The lowest BCUT2D eigenvalue weighted by Gasteiger charge is -2.15. The topological polar surface area (TPSA) is 26.4 Å². The number of aromatic nitrogens is 2. The van der Waals surface area contributed by atoms with E-state index in [1.54, 1.807) is 0 Å². The molecule has 0 saturated heterocycles. The predicted octanol–water partition coefficient (Wildman–Crippen LogP) is 9.80. The van der Waals surface area contributed by atoms with Gasteiger partial charge in [0.15, 0.2) is 0 Å². The van der Waals surface area contributed by atoms with Crippen LogP contribution in [0.4, 0.5) is 0 Å². The van der Waals surface area contributed by atoms with Gasteiger partial charge in [0.1, 0.15) is 0 Å². The molecule has 200 valence electrons. The van der Waals surface area contributed by atoms with Crippen molar-refractivity contribution >= 4 is 65.5 Å². The van der Waals surface area contributed by atoms with Gasteiger partial charge in [0, 0.05) is 38.0 Å². The molecule has 0 spiro atoms. The predicted molar refractivity (Wildman–Crippen MR) is 178 cm³/mol. The molecule has 1 aliphatic carbocycles. The van der Waals surface area contributed by atoms with E-state index < -0.39 is 0 Å². The number of hydrogen-bond acceptors (Lipinski definition) is 1. The molecule has 3 aromatic heterocycles. The Kier molecular flexibility index (Phi) is 4.86. The van der Waals surface area contributed by atoms with E-state index in [4.69, 9.17) is 0 Å². The molecule has 5 aromatic carbocycles. The molecule has 8 aromatic rings. The molecule has 1 unspecified atom stereocenters. The van der Waals surface area contributed by atoms with Gasteiger partial charge < -0.3 is 4.57 Å². The van der Waals surface area contributed by atoms with Crippen molar-refractivity contribution < 1.29 is 0 Å². The van der Waals surface area contributed by atoms with Crippen molar-refractivity contribution in [2.45, 2.75) is 19.8 Å². The Balaban J connectivity index is 1.36. The first-order chi connectivity index (χ1) is 20.7. The van der Waals surface area contributed by atoms with E-state index in [0.29, 0.717) is 5.92 Å². The monoisotopic (exact) mass is 540 g/mol. The summed E-state index contributed by atoms with van der Waals surface area (Å²) in [5, 5.41) is 7.63. The van der Waals surface area contributed by atoms with Gasteiger partial charge in [0.05, 0.1) is 22.1 Å². The fourth-order valence-electron chi connectivity index (χ4n) is 7.33. The molecule has 0 aliphatic heterocycles. The first-order valence-electron chi connectivity index (χ1n) is 14.8. The van der Waals surface area contributed by atoms with Crippen LogP contribution in [0.1, 0.15) is 19.8 Å². The van der Waals surface area contributed by atoms with Crippen LogP contribution in [0.15, 0.2) is 126 Å². The number of hydrogen-bond donors (Lipinski definition) is 0. The summed E-state index contributed by atoms with van der Waals surface area (Å²) in [5.41, 5.74) is 8.18. The summed E-state index contributed by atoms with van der Waals surface area (Å²) in [4.78, 5) is 13.7. The molecule has 0 radical (unpaired) electrons. The Morgan fingerprint density at radius 3 is 2.05 bits per heavy atom. The average Bonchev–Trinajstić information content (AvgIpc) is 3.45. The third-order valence-electron chi connectivity index (χ3n) is 9.23. The Bertz CT molecular complexity index is 2510. The minimum absolute atomic E-state index is 0.0447. The highest BCUT2D eigenvalue weighted by molar-refractivity contribution is 6.22. The smallest absolute Gasteiger partial charge is 0.263 e. The highest BCUT2D eigenvalue weighted by atomic mass is 16.1. The number of benzene rings is 5.